The molecule has 0 saturated carbocycles. The highest BCUT2D eigenvalue weighted by Gasteiger charge is 2.10. The molecule has 3 rings (SSSR count). The molecule has 0 saturated heterocycles. The van der Waals surface area contributed by atoms with E-state index in [0.717, 1.165) is 5.56 Å². The van der Waals surface area contributed by atoms with E-state index in [1.807, 2.05) is 18.2 Å². The van der Waals surface area contributed by atoms with Crippen molar-refractivity contribution < 1.29 is 18.7 Å². The summed E-state index contributed by atoms with van der Waals surface area (Å²) < 4.78 is 16.2. The maximum atomic E-state index is 11.9. The fourth-order valence-corrected chi connectivity index (χ4v) is 2.20. The smallest absolute Gasteiger partial charge is 0.257 e. The summed E-state index contributed by atoms with van der Waals surface area (Å²) in [5, 5.41) is 10.7. The van der Waals surface area contributed by atoms with Crippen molar-refractivity contribution in [1.82, 2.24) is 20.5 Å². The number of carbonyl (C=O) groups excluding carboxylic acids is 1. The first-order valence-corrected chi connectivity index (χ1v) is 8.01. The van der Waals surface area contributed by atoms with Crippen LogP contribution in [-0.4, -0.2) is 41.3 Å². The van der Waals surface area contributed by atoms with Gasteiger partial charge in [-0.05, 0) is 24.3 Å². The summed E-state index contributed by atoms with van der Waals surface area (Å²) in [6.45, 7) is 0.258. The number of aromatic nitrogens is 3. The summed E-state index contributed by atoms with van der Waals surface area (Å²) in [5.74, 6) is 1.69. The number of methoxy groups -OCH3 is 1. The minimum atomic E-state index is -0.247. The lowest BCUT2D eigenvalue weighted by Gasteiger charge is -2.10. The largest absolute Gasteiger partial charge is 0.493 e. The van der Waals surface area contributed by atoms with E-state index in [0.29, 0.717) is 36.2 Å². The average Bonchev–Trinajstić information content (AvgIpc) is 3.16. The Labute approximate surface area is 150 Å². The van der Waals surface area contributed by atoms with E-state index in [1.54, 1.807) is 37.7 Å². The molecule has 1 N–H and O–H groups in total. The van der Waals surface area contributed by atoms with Gasteiger partial charge in [-0.2, -0.15) is 0 Å². The summed E-state index contributed by atoms with van der Waals surface area (Å²) in [7, 11) is 1.55. The van der Waals surface area contributed by atoms with E-state index < -0.39 is 0 Å². The van der Waals surface area contributed by atoms with Crippen molar-refractivity contribution in [2.24, 2.45) is 0 Å². The van der Waals surface area contributed by atoms with Crippen molar-refractivity contribution in [2.45, 2.75) is 6.42 Å². The molecule has 2 aromatic heterocycles. The summed E-state index contributed by atoms with van der Waals surface area (Å²) >= 11 is 0. The van der Waals surface area contributed by atoms with Gasteiger partial charge < -0.3 is 19.2 Å². The predicted molar refractivity (Wildman–Crippen MR) is 92.7 cm³/mol. The zero-order valence-electron chi connectivity index (χ0n) is 14.2. The number of nitrogens with zero attached hydrogens (tertiary/aromatic N) is 3. The van der Waals surface area contributed by atoms with Crippen LogP contribution >= 0.6 is 0 Å². The minimum Gasteiger partial charge on any atom is -0.493 e. The third kappa shape index (κ3) is 4.56. The van der Waals surface area contributed by atoms with Crippen molar-refractivity contribution in [3.8, 4) is 23.0 Å². The zero-order chi connectivity index (χ0) is 18.2. The van der Waals surface area contributed by atoms with Crippen LogP contribution in [0.1, 0.15) is 5.89 Å². The van der Waals surface area contributed by atoms with Crippen LogP contribution in [0.25, 0.3) is 11.5 Å². The standard InChI is InChI=1S/C18H18N4O4/c1-24-14-6-2-3-7-15(14)25-12-16(23)20-10-8-17-21-22-18(26-17)13-5-4-9-19-11-13/h2-7,9,11H,8,10,12H2,1H3,(H,20,23). The Bertz CT molecular complexity index is 851. The number of amides is 1. The number of benzene rings is 1. The third-order valence-corrected chi connectivity index (χ3v) is 3.46. The van der Waals surface area contributed by atoms with Crippen molar-refractivity contribution >= 4 is 5.91 Å². The first-order valence-electron chi connectivity index (χ1n) is 8.01. The summed E-state index contributed by atoms with van der Waals surface area (Å²) in [5.41, 5.74) is 0.750. The van der Waals surface area contributed by atoms with Crippen LogP contribution in [0.4, 0.5) is 0 Å². The molecule has 1 amide bonds. The molecule has 26 heavy (non-hydrogen) atoms. The van der Waals surface area contributed by atoms with E-state index in [1.165, 1.54) is 0 Å². The molecule has 2 heterocycles. The summed E-state index contributed by atoms with van der Waals surface area (Å²) in [6.07, 6.45) is 3.74. The van der Waals surface area contributed by atoms with Gasteiger partial charge in [0.1, 0.15) is 0 Å². The average molecular weight is 354 g/mol. The molecule has 0 unspecified atom stereocenters. The van der Waals surface area contributed by atoms with Crippen LogP contribution in [0, 0.1) is 0 Å². The molecule has 0 atom stereocenters. The minimum absolute atomic E-state index is 0.106. The Morgan fingerprint density at radius 2 is 2.00 bits per heavy atom. The van der Waals surface area contributed by atoms with Gasteiger partial charge in [-0.15, -0.1) is 10.2 Å². The van der Waals surface area contributed by atoms with E-state index in [9.17, 15) is 4.79 Å². The second kappa shape index (κ2) is 8.61. The molecule has 0 fully saturated rings. The zero-order valence-corrected chi connectivity index (χ0v) is 14.2. The number of ether oxygens (including phenoxy) is 2. The SMILES string of the molecule is COc1ccccc1OCC(=O)NCCc1nnc(-c2cccnc2)o1. The lowest BCUT2D eigenvalue weighted by Crippen LogP contribution is -2.30. The Kier molecular flexibility index (Phi) is 5.76. The van der Waals surface area contributed by atoms with Crippen LogP contribution in [0.2, 0.25) is 0 Å². The number of carbonyl (C=O) groups is 1. The molecule has 0 aliphatic heterocycles. The molecule has 0 aliphatic carbocycles. The highest BCUT2D eigenvalue weighted by molar-refractivity contribution is 5.77. The summed E-state index contributed by atoms with van der Waals surface area (Å²) in [6, 6.07) is 10.8. The predicted octanol–water partition coefficient (Wildman–Crippen LogP) is 1.88. The van der Waals surface area contributed by atoms with Crippen LogP contribution in [-0.2, 0) is 11.2 Å². The topological polar surface area (TPSA) is 99.4 Å². The normalized spacial score (nSPS) is 10.3. The van der Waals surface area contributed by atoms with Gasteiger partial charge in [0.25, 0.3) is 5.91 Å². The van der Waals surface area contributed by atoms with Gasteiger partial charge in [-0.1, -0.05) is 12.1 Å². The third-order valence-electron chi connectivity index (χ3n) is 3.46. The molecule has 3 aromatic rings. The fraction of sp³-hybridized carbons (Fsp3) is 0.222. The Morgan fingerprint density at radius 3 is 2.77 bits per heavy atom. The molecular formula is C18H18N4O4. The van der Waals surface area contributed by atoms with E-state index in [-0.39, 0.29) is 12.5 Å². The number of rotatable bonds is 8. The van der Waals surface area contributed by atoms with E-state index in [4.69, 9.17) is 13.9 Å². The maximum Gasteiger partial charge on any atom is 0.257 e. The van der Waals surface area contributed by atoms with Crippen molar-refractivity contribution in [1.29, 1.82) is 0 Å². The molecule has 8 heteroatoms. The van der Waals surface area contributed by atoms with Crippen LogP contribution in [0.5, 0.6) is 11.5 Å². The summed E-state index contributed by atoms with van der Waals surface area (Å²) in [4.78, 5) is 15.9. The highest BCUT2D eigenvalue weighted by atomic mass is 16.5. The molecule has 0 radical (unpaired) electrons. The molecule has 134 valence electrons. The lowest BCUT2D eigenvalue weighted by atomic mass is 10.3. The van der Waals surface area contributed by atoms with Gasteiger partial charge in [-0.3, -0.25) is 9.78 Å². The van der Waals surface area contributed by atoms with Gasteiger partial charge in [0, 0.05) is 25.4 Å². The first-order chi connectivity index (χ1) is 12.8. The lowest BCUT2D eigenvalue weighted by molar-refractivity contribution is -0.123. The number of para-hydroxylation sites is 2. The maximum absolute atomic E-state index is 11.9. The Hall–Kier alpha value is -3.42. The van der Waals surface area contributed by atoms with Crippen molar-refractivity contribution in [3.63, 3.8) is 0 Å². The van der Waals surface area contributed by atoms with Gasteiger partial charge in [0.15, 0.2) is 18.1 Å². The molecule has 1 aromatic carbocycles. The van der Waals surface area contributed by atoms with Gasteiger partial charge in [0.2, 0.25) is 11.8 Å². The highest BCUT2D eigenvalue weighted by Crippen LogP contribution is 2.25. The second-order valence-electron chi connectivity index (χ2n) is 5.28. The van der Waals surface area contributed by atoms with Gasteiger partial charge in [0.05, 0.1) is 12.7 Å². The number of nitrogens with one attached hydrogen (secondary N) is 1. The molecule has 0 aliphatic rings. The van der Waals surface area contributed by atoms with Crippen molar-refractivity contribution in [2.75, 3.05) is 20.3 Å². The Morgan fingerprint density at radius 1 is 1.15 bits per heavy atom. The fourth-order valence-electron chi connectivity index (χ4n) is 2.20. The molecule has 8 nitrogen and oxygen atoms in total. The Balaban J connectivity index is 1.43. The van der Waals surface area contributed by atoms with Crippen LogP contribution < -0.4 is 14.8 Å². The van der Waals surface area contributed by atoms with Crippen LogP contribution in [0.3, 0.4) is 0 Å². The monoisotopic (exact) mass is 354 g/mol. The quantitative estimate of drug-likeness (QED) is 0.659. The van der Waals surface area contributed by atoms with Crippen molar-refractivity contribution in [3.05, 3.63) is 54.7 Å². The second-order valence-corrected chi connectivity index (χ2v) is 5.28. The molecule has 0 bridgehead atoms. The number of hydrogen-bond donors (Lipinski definition) is 1. The number of pyridine rings is 1. The van der Waals surface area contributed by atoms with E-state index >= 15 is 0 Å². The van der Waals surface area contributed by atoms with Crippen LogP contribution in [0.15, 0.2) is 53.2 Å². The number of hydrogen-bond acceptors (Lipinski definition) is 7. The molecular weight excluding hydrogens is 336 g/mol. The van der Waals surface area contributed by atoms with E-state index in [2.05, 4.69) is 20.5 Å². The van der Waals surface area contributed by atoms with Gasteiger partial charge in [-0.25, -0.2) is 0 Å². The molecule has 0 spiro atoms. The van der Waals surface area contributed by atoms with Gasteiger partial charge >= 0.3 is 0 Å². The first kappa shape index (κ1) is 17.4.